The van der Waals surface area contributed by atoms with E-state index < -0.39 is 15.8 Å². The summed E-state index contributed by atoms with van der Waals surface area (Å²) in [5, 5.41) is 2.91. The standard InChI is InChI=1S/C14H21FN2O2S/c1-10-6-11(2)17(9-10)20(18,19)14-5-4-12(8-16-3)7-13(14)15/h4-5,7,10-11,16H,6,8-9H2,1-3H3. The van der Waals surface area contributed by atoms with Crippen molar-refractivity contribution in [1.29, 1.82) is 0 Å². The molecule has 0 amide bonds. The summed E-state index contributed by atoms with van der Waals surface area (Å²) in [5.74, 6) is -0.365. The Bertz CT molecular complexity index is 589. The number of benzene rings is 1. The highest BCUT2D eigenvalue weighted by atomic mass is 32.2. The molecule has 1 fully saturated rings. The SMILES string of the molecule is CNCc1ccc(S(=O)(=O)N2CC(C)CC2C)c(F)c1. The third-order valence-electron chi connectivity index (χ3n) is 3.69. The lowest BCUT2D eigenvalue weighted by atomic mass is 10.1. The molecule has 1 aliphatic heterocycles. The Kier molecular flexibility index (Phi) is 4.46. The Balaban J connectivity index is 2.35. The Morgan fingerprint density at radius 1 is 1.40 bits per heavy atom. The van der Waals surface area contributed by atoms with E-state index in [1.54, 1.807) is 13.1 Å². The zero-order valence-electron chi connectivity index (χ0n) is 12.1. The summed E-state index contributed by atoms with van der Waals surface area (Å²) in [7, 11) is -1.99. The minimum atomic E-state index is -3.75. The van der Waals surface area contributed by atoms with Gasteiger partial charge >= 0.3 is 0 Å². The van der Waals surface area contributed by atoms with Crippen LogP contribution in [-0.4, -0.2) is 32.4 Å². The molecule has 2 unspecified atom stereocenters. The highest BCUT2D eigenvalue weighted by Gasteiger charge is 2.37. The second-order valence-corrected chi connectivity index (χ2v) is 7.42. The molecule has 0 spiro atoms. The number of rotatable bonds is 4. The fraction of sp³-hybridized carbons (Fsp3) is 0.571. The van der Waals surface area contributed by atoms with Gasteiger partial charge in [0.2, 0.25) is 10.0 Å². The summed E-state index contributed by atoms with van der Waals surface area (Å²) in [5.41, 5.74) is 0.729. The molecule has 0 aromatic heterocycles. The van der Waals surface area contributed by atoms with E-state index in [1.165, 1.54) is 16.4 Å². The van der Waals surface area contributed by atoms with Crippen molar-refractivity contribution in [3.05, 3.63) is 29.6 Å². The molecular weight excluding hydrogens is 279 g/mol. The normalized spacial score (nSPS) is 24.2. The fourth-order valence-corrected chi connectivity index (χ4v) is 4.60. The smallest absolute Gasteiger partial charge is 0.246 e. The van der Waals surface area contributed by atoms with Crippen LogP contribution in [0.2, 0.25) is 0 Å². The van der Waals surface area contributed by atoms with E-state index in [0.29, 0.717) is 19.0 Å². The third kappa shape index (κ3) is 2.87. The van der Waals surface area contributed by atoms with Crippen LogP contribution in [0, 0.1) is 11.7 Å². The summed E-state index contributed by atoms with van der Waals surface area (Å²) < 4.78 is 40.6. The topological polar surface area (TPSA) is 49.4 Å². The Morgan fingerprint density at radius 3 is 2.60 bits per heavy atom. The predicted octanol–water partition coefficient (Wildman–Crippen LogP) is 1.96. The molecule has 0 saturated carbocycles. The van der Waals surface area contributed by atoms with Gasteiger partial charge in [-0.25, -0.2) is 12.8 Å². The van der Waals surface area contributed by atoms with Gasteiger partial charge in [0, 0.05) is 19.1 Å². The molecule has 2 atom stereocenters. The van der Waals surface area contributed by atoms with Crippen LogP contribution < -0.4 is 5.32 Å². The number of hydrogen-bond donors (Lipinski definition) is 1. The zero-order valence-corrected chi connectivity index (χ0v) is 12.9. The first kappa shape index (κ1) is 15.4. The van der Waals surface area contributed by atoms with Crippen LogP contribution >= 0.6 is 0 Å². The van der Waals surface area contributed by atoms with Crippen LogP contribution in [0.1, 0.15) is 25.8 Å². The third-order valence-corrected chi connectivity index (χ3v) is 5.70. The number of nitrogens with one attached hydrogen (secondary N) is 1. The van der Waals surface area contributed by atoms with Crippen LogP contribution in [0.15, 0.2) is 23.1 Å². The van der Waals surface area contributed by atoms with Crippen LogP contribution in [0.3, 0.4) is 0 Å². The molecule has 112 valence electrons. The summed E-state index contributed by atoms with van der Waals surface area (Å²) in [6, 6.07) is 4.23. The maximum Gasteiger partial charge on any atom is 0.246 e. The molecule has 1 saturated heterocycles. The molecule has 1 aliphatic rings. The van der Waals surface area contributed by atoms with Gasteiger partial charge < -0.3 is 5.32 Å². The molecule has 1 heterocycles. The predicted molar refractivity (Wildman–Crippen MR) is 76.3 cm³/mol. The minimum Gasteiger partial charge on any atom is -0.316 e. The summed E-state index contributed by atoms with van der Waals surface area (Å²) >= 11 is 0. The van der Waals surface area contributed by atoms with E-state index >= 15 is 0 Å². The van der Waals surface area contributed by atoms with Crippen molar-refractivity contribution in [2.45, 2.75) is 37.8 Å². The van der Waals surface area contributed by atoms with Gasteiger partial charge in [-0.05, 0) is 44.0 Å². The fourth-order valence-electron chi connectivity index (χ4n) is 2.79. The largest absolute Gasteiger partial charge is 0.316 e. The molecule has 0 radical (unpaired) electrons. The molecule has 1 N–H and O–H groups in total. The molecule has 1 aromatic rings. The highest BCUT2D eigenvalue weighted by molar-refractivity contribution is 7.89. The van der Waals surface area contributed by atoms with Crippen molar-refractivity contribution in [2.75, 3.05) is 13.6 Å². The van der Waals surface area contributed by atoms with Crippen molar-refractivity contribution in [2.24, 2.45) is 5.92 Å². The van der Waals surface area contributed by atoms with E-state index in [2.05, 4.69) is 5.32 Å². The number of nitrogens with zero attached hydrogens (tertiary/aromatic N) is 1. The average molecular weight is 300 g/mol. The van der Waals surface area contributed by atoms with Crippen molar-refractivity contribution in [3.8, 4) is 0 Å². The second-order valence-electron chi connectivity index (χ2n) is 5.56. The lowest BCUT2D eigenvalue weighted by Crippen LogP contribution is -2.34. The van der Waals surface area contributed by atoms with Crippen LogP contribution in [-0.2, 0) is 16.6 Å². The molecule has 4 nitrogen and oxygen atoms in total. The Labute approximate surface area is 120 Å². The molecule has 2 rings (SSSR count). The quantitative estimate of drug-likeness (QED) is 0.925. The molecule has 0 aliphatic carbocycles. The van der Waals surface area contributed by atoms with E-state index in [4.69, 9.17) is 0 Å². The summed E-state index contributed by atoms with van der Waals surface area (Å²) in [6.07, 6.45) is 0.818. The van der Waals surface area contributed by atoms with Gasteiger partial charge in [0.05, 0.1) is 0 Å². The van der Waals surface area contributed by atoms with Gasteiger partial charge in [0.1, 0.15) is 10.7 Å². The van der Waals surface area contributed by atoms with Gasteiger partial charge in [-0.2, -0.15) is 4.31 Å². The Hall–Kier alpha value is -0.980. The maximum absolute atomic E-state index is 14.1. The second kappa shape index (κ2) is 5.79. The molecule has 0 bridgehead atoms. The van der Waals surface area contributed by atoms with Crippen LogP contribution in [0.25, 0.3) is 0 Å². The van der Waals surface area contributed by atoms with E-state index in [0.717, 1.165) is 12.0 Å². The molecule has 1 aromatic carbocycles. The molecular formula is C14H21FN2O2S. The van der Waals surface area contributed by atoms with E-state index in [1.807, 2.05) is 13.8 Å². The molecule has 20 heavy (non-hydrogen) atoms. The van der Waals surface area contributed by atoms with Gasteiger partial charge in [-0.1, -0.05) is 13.0 Å². The summed E-state index contributed by atoms with van der Waals surface area (Å²) in [6.45, 7) is 4.85. The minimum absolute atomic E-state index is 0.0774. The van der Waals surface area contributed by atoms with Gasteiger partial charge in [0.15, 0.2) is 0 Å². The first-order valence-electron chi connectivity index (χ1n) is 6.81. The monoisotopic (exact) mass is 300 g/mol. The van der Waals surface area contributed by atoms with E-state index in [9.17, 15) is 12.8 Å². The lowest BCUT2D eigenvalue weighted by Gasteiger charge is -2.21. The average Bonchev–Trinajstić information content (AvgIpc) is 2.69. The van der Waals surface area contributed by atoms with Crippen molar-refractivity contribution >= 4 is 10.0 Å². The zero-order chi connectivity index (χ0) is 14.9. The van der Waals surface area contributed by atoms with Crippen LogP contribution in [0.5, 0.6) is 0 Å². The summed E-state index contributed by atoms with van der Waals surface area (Å²) in [4.78, 5) is -0.224. The van der Waals surface area contributed by atoms with Crippen molar-refractivity contribution in [1.82, 2.24) is 9.62 Å². The number of hydrogen-bond acceptors (Lipinski definition) is 3. The van der Waals surface area contributed by atoms with Crippen molar-refractivity contribution in [3.63, 3.8) is 0 Å². The van der Waals surface area contributed by atoms with Crippen LogP contribution in [0.4, 0.5) is 4.39 Å². The first-order chi connectivity index (χ1) is 9.36. The lowest BCUT2D eigenvalue weighted by molar-refractivity contribution is 0.402. The maximum atomic E-state index is 14.1. The highest BCUT2D eigenvalue weighted by Crippen LogP contribution is 2.30. The Morgan fingerprint density at radius 2 is 2.10 bits per heavy atom. The molecule has 6 heteroatoms. The van der Waals surface area contributed by atoms with Gasteiger partial charge in [0.25, 0.3) is 0 Å². The van der Waals surface area contributed by atoms with E-state index in [-0.39, 0.29) is 10.9 Å². The number of halogens is 1. The number of sulfonamides is 1. The van der Waals surface area contributed by atoms with Crippen molar-refractivity contribution < 1.29 is 12.8 Å². The van der Waals surface area contributed by atoms with Gasteiger partial charge in [-0.15, -0.1) is 0 Å². The first-order valence-corrected chi connectivity index (χ1v) is 8.25. The van der Waals surface area contributed by atoms with Gasteiger partial charge in [-0.3, -0.25) is 0 Å².